The maximum absolute atomic E-state index is 12.9. The Morgan fingerprint density at radius 1 is 1.36 bits per heavy atom. The van der Waals surface area contributed by atoms with Gasteiger partial charge in [-0.05, 0) is 13.3 Å². The highest BCUT2D eigenvalue weighted by Gasteiger charge is 2.70. The van der Waals surface area contributed by atoms with Crippen LogP contribution in [-0.4, -0.2) is 91.4 Å². The number of alkyl carbamates (subject to hydrolysis) is 1. The van der Waals surface area contributed by atoms with Crippen molar-refractivity contribution in [2.24, 2.45) is 11.8 Å². The first-order valence-electron chi connectivity index (χ1n) is 9.77. The van der Waals surface area contributed by atoms with E-state index in [1.165, 1.54) is 13.3 Å². The smallest absolute Gasteiger partial charge is 0.409 e. The maximum Gasteiger partial charge on any atom is 0.409 e. The molecule has 28 heavy (non-hydrogen) atoms. The van der Waals surface area contributed by atoms with Crippen molar-refractivity contribution in [3.8, 4) is 0 Å². The lowest BCUT2D eigenvalue weighted by molar-refractivity contribution is -0.143. The molecule has 4 aliphatic rings. The lowest BCUT2D eigenvalue weighted by atomic mass is 9.82. The number of epoxide rings is 1. The van der Waals surface area contributed by atoms with Gasteiger partial charge in [-0.3, -0.25) is 15.1 Å². The zero-order valence-electron chi connectivity index (χ0n) is 16.2. The third-order valence-corrected chi connectivity index (χ3v) is 6.30. The minimum Gasteiger partial charge on any atom is -0.461 e. The summed E-state index contributed by atoms with van der Waals surface area (Å²) in [4.78, 5) is 26.7. The van der Waals surface area contributed by atoms with Crippen LogP contribution in [-0.2, 0) is 19.0 Å². The Hall–Kier alpha value is -1.88. The van der Waals surface area contributed by atoms with Crippen LogP contribution in [0.25, 0.3) is 0 Å². The number of β-amino-alcohol motifs (C(OH)–C–C–N with tert-alkyl or cyclic N) is 1. The fraction of sp³-hybridized carbons (Fsp3) is 0.778. The van der Waals surface area contributed by atoms with Gasteiger partial charge in [0.2, 0.25) is 0 Å². The Labute approximate surface area is 163 Å². The van der Waals surface area contributed by atoms with Gasteiger partial charge in [-0.25, -0.2) is 9.80 Å². The second-order valence-corrected chi connectivity index (χ2v) is 7.88. The molecule has 0 bridgehead atoms. The number of hydrogen-bond donors (Lipinski definition) is 3. The molecule has 0 unspecified atom stereocenters. The van der Waals surface area contributed by atoms with Gasteiger partial charge in [0, 0.05) is 45.7 Å². The largest absolute Gasteiger partial charge is 0.461 e. The third kappa shape index (κ3) is 3.45. The van der Waals surface area contributed by atoms with Crippen LogP contribution in [0.1, 0.15) is 13.3 Å². The number of carbonyl (C=O) groups excluding carboxylic acids is 2. The molecule has 2 saturated heterocycles. The van der Waals surface area contributed by atoms with Gasteiger partial charge in [0.1, 0.15) is 5.60 Å². The minimum atomic E-state index is -0.777. The number of carbonyl (C=O) groups is 2. The van der Waals surface area contributed by atoms with Crippen LogP contribution in [0.5, 0.6) is 0 Å². The first kappa shape index (κ1) is 19.4. The van der Waals surface area contributed by atoms with Crippen molar-refractivity contribution in [1.82, 2.24) is 20.7 Å². The van der Waals surface area contributed by atoms with Crippen LogP contribution in [0, 0.1) is 11.8 Å². The van der Waals surface area contributed by atoms with Gasteiger partial charge in [0.15, 0.2) is 0 Å². The van der Waals surface area contributed by atoms with Gasteiger partial charge < -0.3 is 24.6 Å². The molecule has 4 rings (SSSR count). The number of nitrogens with zero attached hydrogens (tertiary/aromatic N) is 2. The summed E-state index contributed by atoms with van der Waals surface area (Å²) in [5.74, 6) is -0.487. The van der Waals surface area contributed by atoms with Crippen molar-refractivity contribution in [2.75, 3.05) is 46.4 Å². The first-order chi connectivity index (χ1) is 13.5. The molecule has 156 valence electrons. The number of amides is 2. The molecule has 2 amide bonds. The molecular weight excluding hydrogens is 368 g/mol. The van der Waals surface area contributed by atoms with E-state index in [0.29, 0.717) is 31.6 Å². The summed E-state index contributed by atoms with van der Waals surface area (Å²) in [6, 6.07) is 0. The predicted molar refractivity (Wildman–Crippen MR) is 96.6 cm³/mol. The van der Waals surface area contributed by atoms with Crippen molar-refractivity contribution in [2.45, 2.75) is 31.3 Å². The molecule has 1 saturated carbocycles. The number of ether oxygens (including phenoxy) is 3. The molecule has 10 nitrogen and oxygen atoms in total. The molecule has 3 N–H and O–H groups in total. The number of fused-ring (bicyclic) bond motifs is 3. The Balaban J connectivity index is 1.41. The Bertz CT molecular complexity index is 664. The molecule has 1 aliphatic carbocycles. The molecule has 0 aromatic rings. The highest BCUT2D eigenvalue weighted by molar-refractivity contribution is 5.93. The monoisotopic (exact) mass is 396 g/mol. The average Bonchev–Trinajstić information content (AvgIpc) is 3.24. The number of hydrazine groups is 1. The fourth-order valence-corrected chi connectivity index (χ4v) is 4.64. The maximum atomic E-state index is 12.9. The topological polar surface area (TPSA) is 116 Å². The summed E-state index contributed by atoms with van der Waals surface area (Å²) >= 11 is 0. The van der Waals surface area contributed by atoms with Crippen LogP contribution in [0.4, 0.5) is 4.79 Å². The fourth-order valence-electron chi connectivity index (χ4n) is 4.64. The first-order valence-corrected chi connectivity index (χ1v) is 9.77. The second kappa shape index (κ2) is 7.51. The van der Waals surface area contributed by atoms with E-state index < -0.39 is 18.0 Å². The predicted octanol–water partition coefficient (Wildman–Crippen LogP) is -0.983. The average molecular weight is 396 g/mol. The molecule has 3 heterocycles. The van der Waals surface area contributed by atoms with Crippen LogP contribution < -0.4 is 10.7 Å². The van der Waals surface area contributed by atoms with Crippen LogP contribution in [0.2, 0.25) is 0 Å². The highest BCUT2D eigenvalue weighted by atomic mass is 16.7. The molecule has 3 fully saturated rings. The van der Waals surface area contributed by atoms with E-state index in [1.54, 1.807) is 0 Å². The number of aliphatic hydroxyl groups is 1. The van der Waals surface area contributed by atoms with E-state index in [1.807, 2.05) is 11.9 Å². The third-order valence-electron chi connectivity index (χ3n) is 6.30. The number of rotatable bonds is 5. The lowest BCUT2D eigenvalue weighted by Gasteiger charge is -2.38. The Kier molecular flexibility index (Phi) is 5.21. The number of hydrogen-bond acceptors (Lipinski definition) is 8. The normalized spacial score (nSPS) is 37.2. The quantitative estimate of drug-likeness (QED) is 0.508. The molecule has 10 heteroatoms. The number of nitrogens with one attached hydrogen (secondary N) is 2. The van der Waals surface area contributed by atoms with Crippen LogP contribution in [0.15, 0.2) is 11.8 Å². The van der Waals surface area contributed by atoms with Gasteiger partial charge in [-0.2, -0.15) is 0 Å². The van der Waals surface area contributed by atoms with Crippen molar-refractivity contribution in [3.05, 3.63) is 11.8 Å². The summed E-state index contributed by atoms with van der Waals surface area (Å²) in [6.45, 7) is 5.74. The van der Waals surface area contributed by atoms with E-state index in [9.17, 15) is 9.59 Å². The molecule has 3 aliphatic heterocycles. The Morgan fingerprint density at radius 3 is 2.79 bits per heavy atom. The summed E-state index contributed by atoms with van der Waals surface area (Å²) in [5.41, 5.74) is 3.10. The molecule has 0 radical (unpaired) electrons. The number of aliphatic hydroxyl groups excluding tert-OH is 1. The zero-order chi connectivity index (χ0) is 19.9. The Morgan fingerprint density at radius 2 is 2.11 bits per heavy atom. The SMILES string of the molecule is CNC(=O)O[C@@H]1OC=C(C(=O)NN2CCN(CCO)CC2)[C@H]2C[C@@H]3O[C@]3(C)[C@H]12. The van der Waals surface area contributed by atoms with E-state index >= 15 is 0 Å². The van der Waals surface area contributed by atoms with Gasteiger partial charge in [-0.15, -0.1) is 0 Å². The summed E-state index contributed by atoms with van der Waals surface area (Å²) in [7, 11) is 1.49. The molecule has 5 atom stereocenters. The summed E-state index contributed by atoms with van der Waals surface area (Å²) in [5, 5.41) is 13.4. The summed E-state index contributed by atoms with van der Waals surface area (Å²) < 4.78 is 16.8. The van der Waals surface area contributed by atoms with Gasteiger partial charge in [-0.1, -0.05) is 0 Å². The summed E-state index contributed by atoms with van der Waals surface area (Å²) in [6.07, 6.45) is 0.847. The van der Waals surface area contributed by atoms with E-state index in [4.69, 9.17) is 19.3 Å². The minimum absolute atomic E-state index is 0.0539. The van der Waals surface area contributed by atoms with E-state index in [2.05, 4.69) is 15.6 Å². The number of piperazine rings is 1. The molecular formula is C18H28N4O6. The van der Waals surface area contributed by atoms with Crippen molar-refractivity contribution in [1.29, 1.82) is 0 Å². The lowest BCUT2D eigenvalue weighted by Crippen LogP contribution is -2.55. The van der Waals surface area contributed by atoms with Crippen molar-refractivity contribution < 1.29 is 28.9 Å². The van der Waals surface area contributed by atoms with Crippen LogP contribution >= 0.6 is 0 Å². The molecule has 0 spiro atoms. The zero-order valence-corrected chi connectivity index (χ0v) is 16.2. The molecule has 0 aromatic heterocycles. The van der Waals surface area contributed by atoms with Crippen molar-refractivity contribution >= 4 is 12.0 Å². The second-order valence-electron chi connectivity index (χ2n) is 7.88. The van der Waals surface area contributed by atoms with Gasteiger partial charge in [0.25, 0.3) is 12.2 Å². The van der Waals surface area contributed by atoms with Crippen LogP contribution in [0.3, 0.4) is 0 Å². The van der Waals surface area contributed by atoms with E-state index in [-0.39, 0.29) is 30.5 Å². The van der Waals surface area contributed by atoms with Crippen molar-refractivity contribution in [3.63, 3.8) is 0 Å². The standard InChI is InChI=1S/C18H28N4O6/c1-18-13(28-18)9-11-12(10-26-16(14(11)18)27-17(25)19-2)15(24)20-22-5-3-21(4-6-22)7-8-23/h10-11,13-14,16,23H,3-9H2,1-2H3,(H,19,25)(H,20,24)/t11-,13+,14+,16+,18+/m1/s1. The van der Waals surface area contributed by atoms with E-state index in [0.717, 1.165) is 13.1 Å². The van der Waals surface area contributed by atoms with Gasteiger partial charge in [0.05, 0.1) is 30.5 Å². The molecule has 0 aromatic carbocycles. The highest BCUT2D eigenvalue weighted by Crippen LogP contribution is 2.60. The van der Waals surface area contributed by atoms with Gasteiger partial charge >= 0.3 is 6.09 Å².